The molecule has 3 heteroatoms. The van der Waals surface area contributed by atoms with E-state index in [0.717, 1.165) is 17.5 Å². The monoisotopic (exact) mass is 283 g/mol. The summed E-state index contributed by atoms with van der Waals surface area (Å²) in [5, 5.41) is 11.5. The molecule has 1 N–H and O–H groups in total. The predicted octanol–water partition coefficient (Wildman–Crippen LogP) is 4.55. The Morgan fingerprint density at radius 3 is 1.86 bits per heavy atom. The zero-order chi connectivity index (χ0) is 15.5. The molecule has 2 aromatic carbocycles. The minimum absolute atomic E-state index is 0.244. The summed E-state index contributed by atoms with van der Waals surface area (Å²) < 4.78 is 0. The molecule has 0 aromatic heterocycles. The molecule has 0 unspecified atom stereocenters. The van der Waals surface area contributed by atoms with Gasteiger partial charge in [0.25, 0.3) is 0 Å². The zero-order valence-electron chi connectivity index (χ0n) is 12.5. The van der Waals surface area contributed by atoms with Crippen LogP contribution in [0.4, 0.5) is 0 Å². The highest BCUT2D eigenvalue weighted by Gasteiger charge is 2.01. The van der Waals surface area contributed by atoms with Gasteiger partial charge in [0.15, 0.2) is 5.78 Å². The fraction of sp³-hybridized carbons (Fsp3) is 0.222. The van der Waals surface area contributed by atoms with Crippen LogP contribution in [0.25, 0.3) is 0 Å². The van der Waals surface area contributed by atoms with E-state index in [2.05, 4.69) is 5.16 Å². The van der Waals surface area contributed by atoms with Gasteiger partial charge in [-0.1, -0.05) is 72.7 Å². The highest BCUT2D eigenvalue weighted by Crippen LogP contribution is 2.03. The Morgan fingerprint density at radius 1 is 0.952 bits per heavy atom. The van der Waals surface area contributed by atoms with E-state index in [1.165, 1.54) is 0 Å². The first-order chi connectivity index (χ1) is 10.2. The number of ketones is 1. The summed E-state index contributed by atoms with van der Waals surface area (Å²) in [4.78, 5) is 11.2. The Kier molecular flexibility index (Phi) is 7.51. The lowest BCUT2D eigenvalue weighted by atomic mass is 10.1. The molecule has 0 saturated carbocycles. The first kappa shape index (κ1) is 16.6. The van der Waals surface area contributed by atoms with Crippen LogP contribution >= 0.6 is 0 Å². The van der Waals surface area contributed by atoms with Crippen molar-refractivity contribution in [2.45, 2.75) is 26.7 Å². The van der Waals surface area contributed by atoms with E-state index in [0.29, 0.717) is 12.1 Å². The molecular formula is C18H21NO2. The second kappa shape index (κ2) is 9.48. The predicted molar refractivity (Wildman–Crippen MR) is 86.1 cm³/mol. The number of oxime groups is 1. The van der Waals surface area contributed by atoms with E-state index in [1.54, 1.807) is 6.92 Å². The van der Waals surface area contributed by atoms with Gasteiger partial charge in [-0.15, -0.1) is 0 Å². The van der Waals surface area contributed by atoms with Gasteiger partial charge >= 0.3 is 0 Å². The number of hydrogen-bond acceptors (Lipinski definition) is 3. The van der Waals surface area contributed by atoms with E-state index in [9.17, 15) is 4.79 Å². The number of carbonyl (C=O) groups is 1. The summed E-state index contributed by atoms with van der Waals surface area (Å²) in [6, 6.07) is 19.0. The quantitative estimate of drug-likeness (QED) is 0.387. The van der Waals surface area contributed by atoms with Crippen LogP contribution in [0.5, 0.6) is 0 Å². The maximum absolute atomic E-state index is 11.2. The van der Waals surface area contributed by atoms with Gasteiger partial charge in [-0.05, 0) is 18.9 Å². The first-order valence-electron chi connectivity index (χ1n) is 7.01. The van der Waals surface area contributed by atoms with Gasteiger partial charge in [0.1, 0.15) is 0 Å². The van der Waals surface area contributed by atoms with Crippen molar-refractivity contribution in [2.75, 3.05) is 0 Å². The summed E-state index contributed by atoms with van der Waals surface area (Å²) in [7, 11) is 0. The largest absolute Gasteiger partial charge is 0.411 e. The van der Waals surface area contributed by atoms with E-state index < -0.39 is 0 Å². The van der Waals surface area contributed by atoms with Crippen molar-refractivity contribution in [1.29, 1.82) is 0 Å². The molecule has 0 aliphatic rings. The molecule has 2 aromatic rings. The van der Waals surface area contributed by atoms with Crippen molar-refractivity contribution in [3.05, 3.63) is 71.8 Å². The smallest absolute Gasteiger partial charge is 0.162 e. The van der Waals surface area contributed by atoms with Crippen molar-refractivity contribution < 1.29 is 10.0 Å². The number of hydrogen-bond donors (Lipinski definition) is 1. The standard InChI is InChI=1S/C10H12O.C8H9NO/c1-2-6-10(11)9-7-4-3-5-8-9;1-7(9-10)8-5-3-2-4-6-8/h3-5,7-8H,2,6H2,1H3;2-6,10H,1H3. The molecule has 0 saturated heterocycles. The van der Waals surface area contributed by atoms with Gasteiger partial charge < -0.3 is 5.21 Å². The van der Waals surface area contributed by atoms with Crippen molar-refractivity contribution >= 4 is 11.5 Å². The number of benzene rings is 2. The van der Waals surface area contributed by atoms with E-state index in [-0.39, 0.29) is 5.78 Å². The third-order valence-electron chi connectivity index (χ3n) is 2.91. The number of nitrogens with zero attached hydrogens (tertiary/aromatic N) is 1. The molecule has 21 heavy (non-hydrogen) atoms. The van der Waals surface area contributed by atoms with Crippen molar-refractivity contribution in [3.8, 4) is 0 Å². The molecule has 2 rings (SSSR count). The molecule has 0 heterocycles. The van der Waals surface area contributed by atoms with Crippen LogP contribution in [0.15, 0.2) is 65.8 Å². The maximum atomic E-state index is 11.2. The highest BCUT2D eigenvalue weighted by molar-refractivity contribution is 5.98. The third-order valence-corrected chi connectivity index (χ3v) is 2.91. The topological polar surface area (TPSA) is 49.7 Å². The minimum atomic E-state index is 0.244. The molecule has 0 bridgehead atoms. The molecule has 0 spiro atoms. The molecule has 0 fully saturated rings. The fourth-order valence-corrected chi connectivity index (χ4v) is 1.73. The van der Waals surface area contributed by atoms with Crippen LogP contribution in [0.1, 0.15) is 42.6 Å². The van der Waals surface area contributed by atoms with Crippen LogP contribution in [-0.4, -0.2) is 16.7 Å². The van der Waals surface area contributed by atoms with E-state index in [4.69, 9.17) is 5.21 Å². The normalized spacial score (nSPS) is 10.5. The van der Waals surface area contributed by atoms with Crippen LogP contribution in [0.3, 0.4) is 0 Å². The first-order valence-corrected chi connectivity index (χ1v) is 7.01. The van der Waals surface area contributed by atoms with Crippen LogP contribution in [-0.2, 0) is 0 Å². The fourth-order valence-electron chi connectivity index (χ4n) is 1.73. The summed E-state index contributed by atoms with van der Waals surface area (Å²) in [6.45, 7) is 3.77. The lowest BCUT2D eigenvalue weighted by molar-refractivity contribution is 0.0982. The average Bonchev–Trinajstić information content (AvgIpc) is 2.56. The summed E-state index contributed by atoms with van der Waals surface area (Å²) in [5.41, 5.74) is 2.42. The second-order valence-electron chi connectivity index (χ2n) is 4.59. The Morgan fingerprint density at radius 2 is 1.43 bits per heavy atom. The zero-order valence-corrected chi connectivity index (χ0v) is 12.5. The number of Topliss-reactive ketones (excluding diaryl/α,β-unsaturated/α-hetero) is 1. The lowest BCUT2D eigenvalue weighted by Gasteiger charge is -1.96. The lowest BCUT2D eigenvalue weighted by Crippen LogP contribution is -1.96. The van der Waals surface area contributed by atoms with Gasteiger partial charge in [0.2, 0.25) is 0 Å². The van der Waals surface area contributed by atoms with Gasteiger partial charge in [-0.3, -0.25) is 4.79 Å². The maximum Gasteiger partial charge on any atom is 0.162 e. The molecule has 0 amide bonds. The van der Waals surface area contributed by atoms with Crippen LogP contribution < -0.4 is 0 Å². The second-order valence-corrected chi connectivity index (χ2v) is 4.59. The van der Waals surface area contributed by atoms with Crippen molar-refractivity contribution in [2.24, 2.45) is 5.16 Å². The summed E-state index contributed by atoms with van der Waals surface area (Å²) >= 11 is 0. The van der Waals surface area contributed by atoms with E-state index in [1.807, 2.05) is 67.6 Å². The third kappa shape index (κ3) is 6.04. The Labute approximate surface area is 125 Å². The summed E-state index contributed by atoms with van der Waals surface area (Å²) in [5.74, 6) is 0.244. The minimum Gasteiger partial charge on any atom is -0.411 e. The van der Waals surface area contributed by atoms with Gasteiger partial charge in [0, 0.05) is 12.0 Å². The Hall–Kier alpha value is -2.42. The van der Waals surface area contributed by atoms with Crippen molar-refractivity contribution in [3.63, 3.8) is 0 Å². The SMILES string of the molecule is CC(=NO)c1ccccc1.CCCC(=O)c1ccccc1. The van der Waals surface area contributed by atoms with Gasteiger partial charge in [0.05, 0.1) is 5.71 Å². The van der Waals surface area contributed by atoms with Crippen LogP contribution in [0, 0.1) is 0 Å². The van der Waals surface area contributed by atoms with Crippen molar-refractivity contribution in [1.82, 2.24) is 0 Å². The molecule has 0 aliphatic heterocycles. The molecule has 0 aliphatic carbocycles. The van der Waals surface area contributed by atoms with Crippen LogP contribution in [0.2, 0.25) is 0 Å². The molecule has 3 nitrogen and oxygen atoms in total. The summed E-state index contributed by atoms with van der Waals surface area (Å²) in [6.07, 6.45) is 1.58. The Bertz CT molecular complexity index is 562. The molecular weight excluding hydrogens is 262 g/mol. The van der Waals surface area contributed by atoms with Gasteiger partial charge in [-0.2, -0.15) is 0 Å². The molecule has 0 radical (unpaired) electrons. The van der Waals surface area contributed by atoms with E-state index >= 15 is 0 Å². The Balaban J connectivity index is 0.000000211. The number of rotatable bonds is 4. The van der Waals surface area contributed by atoms with Gasteiger partial charge in [-0.25, -0.2) is 0 Å². The number of carbonyl (C=O) groups excluding carboxylic acids is 1. The average molecular weight is 283 g/mol. The highest BCUT2D eigenvalue weighted by atomic mass is 16.4. The molecule has 110 valence electrons. The molecule has 0 atom stereocenters.